The Hall–Kier alpha value is -1.15. The van der Waals surface area contributed by atoms with Crippen LogP contribution >= 0.6 is 12.4 Å². The molecule has 0 fully saturated rings. The Morgan fingerprint density at radius 2 is 2.27 bits per heavy atom. The molecule has 1 aromatic heterocycles. The minimum atomic E-state index is -0.0958. The molecule has 0 atom stereocenters. The van der Waals surface area contributed by atoms with Gasteiger partial charge in [0.2, 0.25) is 0 Å². The molecule has 8 heteroatoms. The number of nitrogens with zero attached hydrogens (tertiary/aromatic N) is 2. The zero-order valence-corrected chi connectivity index (χ0v) is 14.1. The van der Waals surface area contributed by atoms with Gasteiger partial charge in [-0.05, 0) is 13.5 Å². The van der Waals surface area contributed by atoms with Crippen LogP contribution in [0.25, 0.3) is 0 Å². The van der Waals surface area contributed by atoms with Crippen LogP contribution in [0.4, 0.5) is 0 Å². The fourth-order valence-corrected chi connectivity index (χ4v) is 2.45. The standard InChI is InChI=1S/C14H25N5O2.ClH/c1-19(7-3-9-21-2)8-6-16-14(20)13-11-10-15-5-4-12(11)17-18-13;/h15H,3-10H2,1-2H3,(H,16,20)(H,17,18);1H. The lowest BCUT2D eigenvalue weighted by atomic mass is 10.1. The highest BCUT2D eigenvalue weighted by Crippen LogP contribution is 2.14. The van der Waals surface area contributed by atoms with Gasteiger partial charge in [0.25, 0.3) is 5.91 Å². The highest BCUT2D eigenvalue weighted by molar-refractivity contribution is 5.94. The van der Waals surface area contributed by atoms with Crippen LogP contribution in [0.1, 0.15) is 28.2 Å². The van der Waals surface area contributed by atoms with Crippen molar-refractivity contribution in [2.75, 3.05) is 46.9 Å². The topological polar surface area (TPSA) is 82.3 Å². The minimum absolute atomic E-state index is 0. The normalized spacial score (nSPS) is 13.6. The third-order valence-electron chi connectivity index (χ3n) is 3.69. The molecule has 2 rings (SSSR count). The van der Waals surface area contributed by atoms with Gasteiger partial charge in [0.05, 0.1) is 0 Å². The summed E-state index contributed by atoms with van der Waals surface area (Å²) in [6, 6.07) is 0. The Bertz CT molecular complexity index is 466. The molecule has 1 aliphatic heterocycles. The summed E-state index contributed by atoms with van der Waals surface area (Å²) in [4.78, 5) is 14.3. The van der Waals surface area contributed by atoms with E-state index in [4.69, 9.17) is 4.74 Å². The molecule has 0 aliphatic carbocycles. The molecule has 1 aromatic rings. The minimum Gasteiger partial charge on any atom is -0.385 e. The maximum absolute atomic E-state index is 12.2. The molecular formula is C14H26ClN5O2. The SMILES string of the molecule is COCCCN(C)CCNC(=O)c1n[nH]c2c1CNCC2.Cl. The number of rotatable bonds is 8. The number of halogens is 1. The van der Waals surface area contributed by atoms with Gasteiger partial charge in [-0.3, -0.25) is 9.89 Å². The van der Waals surface area contributed by atoms with Crippen molar-refractivity contribution in [1.82, 2.24) is 25.7 Å². The van der Waals surface area contributed by atoms with Crippen molar-refractivity contribution >= 4 is 18.3 Å². The Morgan fingerprint density at radius 1 is 1.45 bits per heavy atom. The van der Waals surface area contributed by atoms with Gasteiger partial charge in [-0.1, -0.05) is 0 Å². The molecule has 22 heavy (non-hydrogen) atoms. The molecule has 0 saturated heterocycles. The fraction of sp³-hybridized carbons (Fsp3) is 0.714. The number of nitrogens with one attached hydrogen (secondary N) is 3. The summed E-state index contributed by atoms with van der Waals surface area (Å²) in [5.41, 5.74) is 2.61. The monoisotopic (exact) mass is 331 g/mol. The molecule has 1 aliphatic rings. The lowest BCUT2D eigenvalue weighted by Gasteiger charge is -2.16. The maximum atomic E-state index is 12.2. The second kappa shape index (κ2) is 9.78. The molecule has 0 unspecified atom stereocenters. The maximum Gasteiger partial charge on any atom is 0.272 e. The van der Waals surface area contributed by atoms with Crippen molar-refractivity contribution in [1.29, 1.82) is 0 Å². The Labute approximate surface area is 137 Å². The third kappa shape index (κ3) is 5.24. The summed E-state index contributed by atoms with van der Waals surface area (Å²) in [5.74, 6) is -0.0958. The van der Waals surface area contributed by atoms with Crippen LogP contribution in [0.3, 0.4) is 0 Å². The average Bonchev–Trinajstić information content (AvgIpc) is 2.91. The molecule has 0 aromatic carbocycles. The number of methoxy groups -OCH3 is 1. The summed E-state index contributed by atoms with van der Waals surface area (Å²) in [6.07, 6.45) is 1.90. The summed E-state index contributed by atoms with van der Waals surface area (Å²) >= 11 is 0. The number of carbonyl (C=O) groups excluding carboxylic acids is 1. The highest BCUT2D eigenvalue weighted by Gasteiger charge is 2.21. The van der Waals surface area contributed by atoms with Crippen molar-refractivity contribution in [3.05, 3.63) is 17.0 Å². The third-order valence-corrected chi connectivity index (χ3v) is 3.69. The van der Waals surface area contributed by atoms with Gasteiger partial charge in [-0.15, -0.1) is 12.4 Å². The van der Waals surface area contributed by atoms with Crippen LogP contribution < -0.4 is 10.6 Å². The number of likely N-dealkylation sites (N-methyl/N-ethyl adjacent to an activating group) is 1. The summed E-state index contributed by atoms with van der Waals surface area (Å²) in [5, 5.41) is 13.3. The summed E-state index contributed by atoms with van der Waals surface area (Å²) < 4.78 is 5.02. The molecule has 7 nitrogen and oxygen atoms in total. The smallest absolute Gasteiger partial charge is 0.272 e. The number of H-pyrrole nitrogens is 1. The number of ether oxygens (including phenoxy) is 1. The molecule has 2 heterocycles. The fourth-order valence-electron chi connectivity index (χ4n) is 2.45. The van der Waals surface area contributed by atoms with Gasteiger partial charge in [0.15, 0.2) is 5.69 Å². The van der Waals surface area contributed by atoms with Crippen LogP contribution in [0.2, 0.25) is 0 Å². The van der Waals surface area contributed by atoms with E-state index in [1.807, 2.05) is 7.05 Å². The number of hydrogen-bond donors (Lipinski definition) is 3. The molecule has 0 radical (unpaired) electrons. The number of aromatic amines is 1. The van der Waals surface area contributed by atoms with Gasteiger partial charge in [-0.2, -0.15) is 5.10 Å². The van der Waals surface area contributed by atoms with Crippen LogP contribution in [0, 0.1) is 0 Å². The molecule has 3 N–H and O–H groups in total. The average molecular weight is 332 g/mol. The Balaban J connectivity index is 0.00000242. The lowest BCUT2D eigenvalue weighted by molar-refractivity contribution is 0.0943. The molecular weight excluding hydrogens is 306 g/mol. The zero-order valence-electron chi connectivity index (χ0n) is 13.3. The van der Waals surface area contributed by atoms with Gasteiger partial charge in [-0.25, -0.2) is 0 Å². The van der Waals surface area contributed by atoms with Crippen LogP contribution in [0.5, 0.6) is 0 Å². The number of fused-ring (bicyclic) bond motifs is 1. The van der Waals surface area contributed by atoms with Gasteiger partial charge >= 0.3 is 0 Å². The van der Waals surface area contributed by atoms with Crippen LogP contribution in [0.15, 0.2) is 0 Å². The Morgan fingerprint density at radius 3 is 3.05 bits per heavy atom. The van der Waals surface area contributed by atoms with E-state index in [9.17, 15) is 4.79 Å². The first-order chi connectivity index (χ1) is 10.2. The van der Waals surface area contributed by atoms with Crippen LogP contribution in [-0.4, -0.2) is 67.9 Å². The van der Waals surface area contributed by atoms with E-state index in [0.717, 1.165) is 50.3 Å². The summed E-state index contributed by atoms with van der Waals surface area (Å²) in [6.45, 7) is 4.82. The van der Waals surface area contributed by atoms with E-state index in [1.54, 1.807) is 7.11 Å². The lowest BCUT2D eigenvalue weighted by Crippen LogP contribution is -2.34. The predicted molar refractivity (Wildman–Crippen MR) is 87.6 cm³/mol. The molecule has 1 amide bonds. The van der Waals surface area contributed by atoms with E-state index in [1.165, 1.54) is 0 Å². The van der Waals surface area contributed by atoms with Crippen molar-refractivity contribution < 1.29 is 9.53 Å². The quantitative estimate of drug-likeness (QED) is 0.592. The van der Waals surface area contributed by atoms with E-state index in [-0.39, 0.29) is 18.3 Å². The van der Waals surface area contributed by atoms with Crippen LogP contribution in [-0.2, 0) is 17.7 Å². The second-order valence-corrected chi connectivity index (χ2v) is 5.36. The molecule has 0 spiro atoms. The van der Waals surface area contributed by atoms with E-state index in [2.05, 4.69) is 25.7 Å². The zero-order chi connectivity index (χ0) is 15.1. The first-order valence-corrected chi connectivity index (χ1v) is 7.45. The van der Waals surface area contributed by atoms with Crippen molar-refractivity contribution in [3.8, 4) is 0 Å². The second-order valence-electron chi connectivity index (χ2n) is 5.36. The molecule has 0 bridgehead atoms. The van der Waals surface area contributed by atoms with Crippen molar-refractivity contribution in [2.45, 2.75) is 19.4 Å². The predicted octanol–water partition coefficient (Wildman–Crippen LogP) is 0.175. The van der Waals surface area contributed by atoms with Gasteiger partial charge in [0, 0.05) is 64.1 Å². The first-order valence-electron chi connectivity index (χ1n) is 7.45. The van der Waals surface area contributed by atoms with Gasteiger partial charge in [0.1, 0.15) is 0 Å². The van der Waals surface area contributed by atoms with E-state index >= 15 is 0 Å². The van der Waals surface area contributed by atoms with E-state index in [0.29, 0.717) is 18.8 Å². The van der Waals surface area contributed by atoms with Crippen molar-refractivity contribution in [3.63, 3.8) is 0 Å². The Kier molecular flexibility index (Phi) is 8.40. The largest absolute Gasteiger partial charge is 0.385 e. The summed E-state index contributed by atoms with van der Waals surface area (Å²) in [7, 11) is 3.75. The highest BCUT2D eigenvalue weighted by atomic mass is 35.5. The van der Waals surface area contributed by atoms with Gasteiger partial charge < -0.3 is 20.3 Å². The number of aromatic nitrogens is 2. The van der Waals surface area contributed by atoms with Crippen molar-refractivity contribution in [2.24, 2.45) is 0 Å². The van der Waals surface area contributed by atoms with E-state index < -0.39 is 0 Å². The number of amides is 1. The molecule has 126 valence electrons. The molecule has 0 saturated carbocycles. The number of hydrogen-bond acceptors (Lipinski definition) is 5. The number of carbonyl (C=O) groups is 1. The first kappa shape index (κ1) is 18.9.